The number of hydrogen-bond acceptors (Lipinski definition) is 2. The van der Waals surface area contributed by atoms with E-state index >= 15 is 0 Å². The molecule has 1 saturated heterocycles. The van der Waals surface area contributed by atoms with E-state index in [9.17, 15) is 18.0 Å². The first-order valence-corrected chi connectivity index (χ1v) is 7.59. The molecule has 1 N–H and O–H groups in total. The first kappa shape index (κ1) is 15.6. The Morgan fingerprint density at radius 3 is 2.55 bits per heavy atom. The summed E-state index contributed by atoms with van der Waals surface area (Å²) in [6.45, 7) is 2.50. The fourth-order valence-corrected chi connectivity index (χ4v) is 2.76. The number of hydrogen-bond donors (Lipinski definition) is 1. The summed E-state index contributed by atoms with van der Waals surface area (Å²) in [6.07, 6.45) is 2.51. The molecule has 1 heterocycles. The van der Waals surface area contributed by atoms with Crippen LogP contribution in [-0.2, 0) is 10.7 Å². The summed E-state index contributed by atoms with van der Waals surface area (Å²) < 4.78 is 41.6. The van der Waals surface area contributed by atoms with E-state index in [4.69, 9.17) is 11.6 Å². The van der Waals surface area contributed by atoms with E-state index in [1.54, 1.807) is 0 Å². The molecule has 0 spiro atoms. The van der Waals surface area contributed by atoms with Crippen LogP contribution < -0.4 is 5.32 Å². The summed E-state index contributed by atoms with van der Waals surface area (Å²) >= 11 is 5.52. The van der Waals surface area contributed by atoms with Crippen molar-refractivity contribution in [2.45, 2.75) is 30.7 Å². The highest BCUT2D eigenvalue weighted by Crippen LogP contribution is 2.39. The van der Waals surface area contributed by atoms with Crippen molar-refractivity contribution in [3.8, 4) is 0 Å². The Morgan fingerprint density at radius 1 is 1.36 bits per heavy atom. The van der Waals surface area contributed by atoms with Crippen LogP contribution in [0.25, 0.3) is 0 Å². The molecule has 1 saturated carbocycles. The van der Waals surface area contributed by atoms with E-state index in [1.807, 2.05) is 0 Å². The summed E-state index contributed by atoms with van der Waals surface area (Å²) in [7, 11) is 0. The number of carbonyl (C=O) groups is 1. The van der Waals surface area contributed by atoms with Crippen molar-refractivity contribution in [2.75, 3.05) is 19.6 Å². The predicted molar refractivity (Wildman–Crippen MR) is 76.5 cm³/mol. The predicted octanol–water partition coefficient (Wildman–Crippen LogP) is 2.93. The van der Waals surface area contributed by atoms with Crippen LogP contribution in [-0.4, -0.2) is 36.0 Å². The van der Waals surface area contributed by atoms with Gasteiger partial charge in [-0.05, 0) is 50.6 Å². The Balaban J connectivity index is 1.71. The minimum absolute atomic E-state index is 0.424. The lowest BCUT2D eigenvalue weighted by atomic mass is 10.1. The maximum absolute atomic E-state index is 14.2. The largest absolute Gasteiger partial charge is 0.349 e. The molecule has 7 heteroatoms. The van der Waals surface area contributed by atoms with Crippen LogP contribution in [0.5, 0.6) is 0 Å². The van der Waals surface area contributed by atoms with Crippen LogP contribution in [0, 0.1) is 5.82 Å². The van der Waals surface area contributed by atoms with Gasteiger partial charge in [-0.25, -0.2) is 4.39 Å². The van der Waals surface area contributed by atoms with Gasteiger partial charge in [0, 0.05) is 12.1 Å². The summed E-state index contributed by atoms with van der Waals surface area (Å²) in [5, 5.41) is 2.05. The quantitative estimate of drug-likeness (QED) is 0.899. The van der Waals surface area contributed by atoms with Gasteiger partial charge in [-0.1, -0.05) is 11.6 Å². The van der Waals surface area contributed by atoms with E-state index in [0.29, 0.717) is 19.4 Å². The fourth-order valence-electron chi connectivity index (χ4n) is 2.58. The maximum Gasteiger partial charge on any atom is 0.349 e. The van der Waals surface area contributed by atoms with Crippen LogP contribution in [0.15, 0.2) is 18.2 Å². The normalized spacial score (nSPS) is 20.4. The SMILES string of the molecule is O=C(NC1(CN2CCC2)CC1)C(F)(F)c1ccc(F)c(Cl)c1. The number of halogens is 4. The lowest BCUT2D eigenvalue weighted by molar-refractivity contribution is -0.148. The average molecular weight is 333 g/mol. The standard InChI is InChI=1S/C15H16ClF3N2O/c16-11-8-10(2-3-12(11)17)15(18,19)13(22)20-14(4-5-14)9-21-6-1-7-21/h2-3,8H,1,4-7,9H2,(H,20,22). The molecule has 2 fully saturated rings. The molecule has 22 heavy (non-hydrogen) atoms. The molecule has 3 rings (SSSR count). The molecule has 1 amide bonds. The third-order valence-electron chi connectivity index (χ3n) is 4.27. The topological polar surface area (TPSA) is 32.3 Å². The zero-order chi connectivity index (χ0) is 16.0. The zero-order valence-electron chi connectivity index (χ0n) is 11.8. The Hall–Kier alpha value is -1.27. The van der Waals surface area contributed by atoms with Gasteiger partial charge in [0.05, 0.1) is 10.6 Å². The first-order valence-electron chi connectivity index (χ1n) is 7.21. The Morgan fingerprint density at radius 2 is 2.05 bits per heavy atom. The number of likely N-dealkylation sites (tertiary alicyclic amines) is 1. The number of nitrogens with zero attached hydrogens (tertiary/aromatic N) is 1. The molecule has 120 valence electrons. The third-order valence-corrected chi connectivity index (χ3v) is 4.56. The van der Waals surface area contributed by atoms with Crippen LogP contribution >= 0.6 is 11.6 Å². The van der Waals surface area contributed by atoms with Gasteiger partial charge in [-0.2, -0.15) is 8.78 Å². The first-order chi connectivity index (χ1) is 10.3. The summed E-state index contributed by atoms with van der Waals surface area (Å²) in [5.74, 6) is -5.88. The van der Waals surface area contributed by atoms with Gasteiger partial charge in [0.25, 0.3) is 5.91 Å². The second-order valence-corrected chi connectivity index (χ2v) is 6.47. The van der Waals surface area contributed by atoms with Gasteiger partial charge < -0.3 is 10.2 Å². The third kappa shape index (κ3) is 2.94. The molecule has 1 aromatic rings. The second kappa shape index (κ2) is 5.42. The molecule has 1 aromatic carbocycles. The molecule has 1 aliphatic heterocycles. The monoisotopic (exact) mass is 332 g/mol. The maximum atomic E-state index is 14.2. The number of carbonyl (C=O) groups excluding carboxylic acids is 1. The minimum Gasteiger partial charge on any atom is -0.344 e. The summed E-state index contributed by atoms with van der Waals surface area (Å²) in [6, 6.07) is 2.52. The molecule has 0 aromatic heterocycles. The van der Waals surface area contributed by atoms with Crippen LogP contribution in [0.4, 0.5) is 13.2 Å². The van der Waals surface area contributed by atoms with E-state index in [1.165, 1.54) is 0 Å². The number of rotatable bonds is 5. The van der Waals surface area contributed by atoms with Gasteiger partial charge in [0.15, 0.2) is 0 Å². The number of amides is 1. The second-order valence-electron chi connectivity index (χ2n) is 6.07. The molecular formula is C15H16ClF3N2O. The lowest BCUT2D eigenvalue weighted by Gasteiger charge is -2.35. The van der Waals surface area contributed by atoms with Gasteiger partial charge in [0.1, 0.15) is 5.82 Å². The van der Waals surface area contributed by atoms with Crippen molar-refractivity contribution in [2.24, 2.45) is 0 Å². The van der Waals surface area contributed by atoms with Crippen LogP contribution in [0.2, 0.25) is 5.02 Å². The molecule has 2 aliphatic rings. The van der Waals surface area contributed by atoms with Crippen molar-refractivity contribution < 1.29 is 18.0 Å². The molecule has 0 unspecified atom stereocenters. The van der Waals surface area contributed by atoms with E-state index in [-0.39, 0.29) is 0 Å². The van der Waals surface area contributed by atoms with E-state index in [2.05, 4.69) is 10.2 Å². The fraction of sp³-hybridized carbons (Fsp3) is 0.533. The molecule has 0 radical (unpaired) electrons. The van der Waals surface area contributed by atoms with Crippen molar-refractivity contribution >= 4 is 17.5 Å². The Kier molecular flexibility index (Phi) is 3.85. The van der Waals surface area contributed by atoms with E-state index < -0.39 is 33.8 Å². The van der Waals surface area contributed by atoms with Gasteiger partial charge in [0.2, 0.25) is 0 Å². The molecular weight excluding hydrogens is 317 g/mol. The highest BCUT2D eigenvalue weighted by atomic mass is 35.5. The number of benzene rings is 1. The molecule has 0 atom stereocenters. The van der Waals surface area contributed by atoms with Gasteiger partial charge >= 0.3 is 5.92 Å². The smallest absolute Gasteiger partial charge is 0.344 e. The van der Waals surface area contributed by atoms with Crippen molar-refractivity contribution in [3.63, 3.8) is 0 Å². The zero-order valence-corrected chi connectivity index (χ0v) is 12.6. The van der Waals surface area contributed by atoms with Gasteiger partial charge in [-0.15, -0.1) is 0 Å². The molecule has 1 aliphatic carbocycles. The van der Waals surface area contributed by atoms with Crippen molar-refractivity contribution in [1.82, 2.24) is 10.2 Å². The average Bonchev–Trinajstić information content (AvgIpc) is 3.17. The van der Waals surface area contributed by atoms with Crippen LogP contribution in [0.3, 0.4) is 0 Å². The minimum atomic E-state index is -3.73. The van der Waals surface area contributed by atoms with Crippen molar-refractivity contribution in [1.29, 1.82) is 0 Å². The van der Waals surface area contributed by atoms with Gasteiger partial charge in [-0.3, -0.25) is 4.79 Å². The number of alkyl halides is 2. The Bertz CT molecular complexity index is 600. The molecule has 3 nitrogen and oxygen atoms in total. The Labute approximate surface area is 131 Å². The lowest BCUT2D eigenvalue weighted by Crippen LogP contribution is -2.53. The highest BCUT2D eigenvalue weighted by Gasteiger charge is 2.51. The van der Waals surface area contributed by atoms with E-state index in [0.717, 1.165) is 37.7 Å². The highest BCUT2D eigenvalue weighted by molar-refractivity contribution is 6.30. The van der Waals surface area contributed by atoms with Crippen molar-refractivity contribution in [3.05, 3.63) is 34.6 Å². The summed E-state index contributed by atoms with van der Waals surface area (Å²) in [4.78, 5) is 14.1. The number of nitrogens with one attached hydrogen (secondary N) is 1. The van der Waals surface area contributed by atoms with Crippen LogP contribution in [0.1, 0.15) is 24.8 Å². The molecule has 0 bridgehead atoms. The summed E-state index contributed by atoms with van der Waals surface area (Å²) in [5.41, 5.74) is -1.14.